The summed E-state index contributed by atoms with van der Waals surface area (Å²) in [6.45, 7) is 3.79. The van der Waals surface area contributed by atoms with E-state index < -0.39 is 6.23 Å². The van der Waals surface area contributed by atoms with Crippen LogP contribution in [0.2, 0.25) is 0 Å². The van der Waals surface area contributed by atoms with Gasteiger partial charge in [-0.3, -0.25) is 4.90 Å². The van der Waals surface area contributed by atoms with E-state index in [0.717, 1.165) is 28.3 Å². The highest BCUT2D eigenvalue weighted by molar-refractivity contribution is 7.18. The first kappa shape index (κ1) is 17.6. The fourth-order valence-electron chi connectivity index (χ4n) is 3.84. The van der Waals surface area contributed by atoms with Gasteiger partial charge in [0.2, 0.25) is 0 Å². The lowest BCUT2D eigenvalue weighted by Crippen LogP contribution is -2.35. The molecule has 0 saturated carbocycles. The SMILES string of the molecule is Cc1ccc(C2CN(C(O)c3nc4ccccc4s3)CC2N(C)C)cc1. The van der Waals surface area contributed by atoms with Crippen molar-refractivity contribution in [2.45, 2.75) is 25.1 Å². The van der Waals surface area contributed by atoms with Gasteiger partial charge in [0.25, 0.3) is 0 Å². The van der Waals surface area contributed by atoms with Crippen LogP contribution in [0.15, 0.2) is 48.5 Å². The molecule has 4 nitrogen and oxygen atoms in total. The molecule has 3 atom stereocenters. The zero-order valence-corrected chi connectivity index (χ0v) is 16.3. The molecule has 1 aliphatic heterocycles. The Hall–Kier alpha value is -1.79. The minimum absolute atomic E-state index is 0.377. The van der Waals surface area contributed by atoms with E-state index in [0.29, 0.717) is 12.0 Å². The molecule has 4 rings (SSSR count). The number of para-hydroxylation sites is 1. The minimum Gasteiger partial charge on any atom is -0.372 e. The maximum absolute atomic E-state index is 11.0. The first-order chi connectivity index (χ1) is 12.5. The monoisotopic (exact) mass is 367 g/mol. The van der Waals surface area contributed by atoms with Gasteiger partial charge in [-0.1, -0.05) is 42.0 Å². The smallest absolute Gasteiger partial charge is 0.160 e. The molecule has 1 N–H and O–H groups in total. The van der Waals surface area contributed by atoms with Crippen molar-refractivity contribution in [1.82, 2.24) is 14.8 Å². The molecule has 0 radical (unpaired) electrons. The Balaban J connectivity index is 1.59. The van der Waals surface area contributed by atoms with Gasteiger partial charge in [0.05, 0.1) is 10.2 Å². The third-order valence-corrected chi connectivity index (χ3v) is 6.44. The number of aromatic nitrogens is 1. The van der Waals surface area contributed by atoms with Crippen molar-refractivity contribution in [3.8, 4) is 0 Å². The Morgan fingerprint density at radius 3 is 2.54 bits per heavy atom. The number of fused-ring (bicyclic) bond motifs is 1. The summed E-state index contributed by atoms with van der Waals surface area (Å²) >= 11 is 1.58. The van der Waals surface area contributed by atoms with Crippen molar-refractivity contribution >= 4 is 21.6 Å². The normalized spacial score (nSPS) is 22.3. The zero-order chi connectivity index (χ0) is 18.3. The number of nitrogens with zero attached hydrogens (tertiary/aromatic N) is 3. The van der Waals surface area contributed by atoms with Gasteiger partial charge < -0.3 is 10.0 Å². The number of aliphatic hydroxyl groups is 1. The quantitative estimate of drug-likeness (QED) is 0.764. The number of rotatable bonds is 4. The van der Waals surface area contributed by atoms with Crippen LogP contribution in [-0.4, -0.2) is 53.1 Å². The highest BCUT2D eigenvalue weighted by Crippen LogP contribution is 2.36. The number of likely N-dealkylation sites (tertiary alicyclic amines) is 1. The maximum Gasteiger partial charge on any atom is 0.160 e. The largest absolute Gasteiger partial charge is 0.372 e. The van der Waals surface area contributed by atoms with Gasteiger partial charge in [-0.25, -0.2) is 4.98 Å². The zero-order valence-electron chi connectivity index (χ0n) is 15.5. The number of thiazole rings is 1. The molecular formula is C21H25N3OS. The van der Waals surface area contributed by atoms with Crippen LogP contribution in [-0.2, 0) is 0 Å². The van der Waals surface area contributed by atoms with E-state index in [2.05, 4.69) is 66.1 Å². The summed E-state index contributed by atoms with van der Waals surface area (Å²) in [6.07, 6.45) is -0.648. The van der Waals surface area contributed by atoms with Crippen LogP contribution in [0.5, 0.6) is 0 Å². The first-order valence-corrected chi connectivity index (χ1v) is 9.85. The number of aliphatic hydroxyl groups excluding tert-OH is 1. The molecule has 26 heavy (non-hydrogen) atoms. The van der Waals surface area contributed by atoms with Crippen molar-refractivity contribution in [2.75, 3.05) is 27.2 Å². The number of benzene rings is 2. The summed E-state index contributed by atoms with van der Waals surface area (Å²) in [5.74, 6) is 0.384. The highest BCUT2D eigenvalue weighted by Gasteiger charge is 2.38. The Bertz CT molecular complexity index is 857. The molecule has 0 amide bonds. The van der Waals surface area contributed by atoms with Crippen LogP contribution < -0.4 is 0 Å². The third kappa shape index (κ3) is 3.28. The molecule has 0 aliphatic carbocycles. The van der Waals surface area contributed by atoms with Gasteiger partial charge in [0, 0.05) is 25.0 Å². The second-order valence-corrected chi connectivity index (χ2v) is 8.46. The molecule has 0 bridgehead atoms. The summed E-state index contributed by atoms with van der Waals surface area (Å²) in [7, 11) is 4.25. The molecule has 136 valence electrons. The van der Waals surface area contributed by atoms with Crippen LogP contribution in [0.25, 0.3) is 10.2 Å². The summed E-state index contributed by atoms with van der Waals surface area (Å²) in [6, 6.07) is 17.2. The maximum atomic E-state index is 11.0. The van der Waals surface area contributed by atoms with Crippen molar-refractivity contribution in [3.63, 3.8) is 0 Å². The lowest BCUT2D eigenvalue weighted by atomic mass is 9.93. The molecule has 0 spiro atoms. The molecule has 1 saturated heterocycles. The van der Waals surface area contributed by atoms with Crippen molar-refractivity contribution in [2.24, 2.45) is 0 Å². The molecule has 5 heteroatoms. The highest BCUT2D eigenvalue weighted by atomic mass is 32.1. The van der Waals surface area contributed by atoms with Crippen molar-refractivity contribution in [1.29, 1.82) is 0 Å². The van der Waals surface area contributed by atoms with Crippen LogP contribution >= 0.6 is 11.3 Å². The summed E-state index contributed by atoms with van der Waals surface area (Å²) in [4.78, 5) is 9.08. The third-order valence-electron chi connectivity index (χ3n) is 5.36. The van der Waals surface area contributed by atoms with Gasteiger partial charge in [-0.15, -0.1) is 11.3 Å². The van der Waals surface area contributed by atoms with Crippen molar-refractivity contribution in [3.05, 3.63) is 64.7 Å². The Morgan fingerprint density at radius 1 is 1.12 bits per heavy atom. The number of hydrogen-bond acceptors (Lipinski definition) is 5. The number of likely N-dealkylation sites (N-methyl/N-ethyl adjacent to an activating group) is 1. The molecule has 2 heterocycles. The Kier molecular flexibility index (Phi) is 4.80. The van der Waals surface area contributed by atoms with Crippen LogP contribution in [0, 0.1) is 6.92 Å². The average Bonchev–Trinajstić information content (AvgIpc) is 3.26. The van der Waals surface area contributed by atoms with Gasteiger partial charge in [-0.05, 0) is 38.7 Å². The molecule has 3 aromatic rings. The molecule has 1 fully saturated rings. The van der Waals surface area contributed by atoms with E-state index in [9.17, 15) is 5.11 Å². The van der Waals surface area contributed by atoms with E-state index >= 15 is 0 Å². The van der Waals surface area contributed by atoms with E-state index in [-0.39, 0.29) is 0 Å². The Labute approximate surface area is 158 Å². The Morgan fingerprint density at radius 2 is 1.85 bits per heavy atom. The number of hydrogen-bond donors (Lipinski definition) is 1. The predicted octanol–water partition coefficient (Wildman–Crippen LogP) is 3.63. The standard InChI is InChI=1S/C21H25N3OS/c1-14-8-10-15(11-9-14)16-12-24(13-18(16)23(2)3)21(25)20-22-17-6-4-5-7-19(17)26-20/h4-11,16,18,21,25H,12-13H2,1-3H3. The summed E-state index contributed by atoms with van der Waals surface area (Å²) < 4.78 is 1.12. The average molecular weight is 368 g/mol. The second-order valence-electron chi connectivity index (χ2n) is 7.40. The fraction of sp³-hybridized carbons (Fsp3) is 0.381. The molecule has 3 unspecified atom stereocenters. The minimum atomic E-state index is -0.648. The van der Waals surface area contributed by atoms with Gasteiger partial charge in [-0.2, -0.15) is 0 Å². The first-order valence-electron chi connectivity index (χ1n) is 9.03. The van der Waals surface area contributed by atoms with E-state index in [1.54, 1.807) is 11.3 Å². The van der Waals surface area contributed by atoms with E-state index in [1.807, 2.05) is 18.2 Å². The molecule has 1 aliphatic rings. The van der Waals surface area contributed by atoms with E-state index in [4.69, 9.17) is 0 Å². The number of aryl methyl sites for hydroxylation is 1. The lowest BCUT2D eigenvalue weighted by Gasteiger charge is -2.25. The second kappa shape index (κ2) is 7.08. The van der Waals surface area contributed by atoms with Crippen LogP contribution in [0.3, 0.4) is 0 Å². The summed E-state index contributed by atoms with van der Waals surface area (Å²) in [5, 5.41) is 11.8. The topological polar surface area (TPSA) is 39.6 Å². The van der Waals surface area contributed by atoms with Gasteiger partial charge in [0.1, 0.15) is 5.01 Å². The molecule has 1 aromatic heterocycles. The fourth-order valence-corrected chi connectivity index (χ4v) is 4.83. The molecule has 2 aromatic carbocycles. The predicted molar refractivity (Wildman–Crippen MR) is 108 cm³/mol. The lowest BCUT2D eigenvalue weighted by molar-refractivity contribution is 0.0146. The van der Waals surface area contributed by atoms with Gasteiger partial charge in [0.15, 0.2) is 6.23 Å². The summed E-state index contributed by atoms with van der Waals surface area (Å²) in [5.41, 5.74) is 3.58. The van der Waals surface area contributed by atoms with Gasteiger partial charge >= 0.3 is 0 Å². The molecular weight excluding hydrogens is 342 g/mol. The van der Waals surface area contributed by atoms with Crippen molar-refractivity contribution < 1.29 is 5.11 Å². The van der Waals surface area contributed by atoms with Crippen LogP contribution in [0.4, 0.5) is 0 Å². The van der Waals surface area contributed by atoms with E-state index in [1.165, 1.54) is 11.1 Å². The van der Waals surface area contributed by atoms with Crippen LogP contribution in [0.1, 0.15) is 28.3 Å².